The number of rotatable bonds is 3. The molecule has 2 N–H and O–H groups in total. The second kappa shape index (κ2) is 5.37. The molecule has 2 aromatic rings. The molecule has 1 heterocycles. The van der Waals surface area contributed by atoms with Gasteiger partial charge in [-0.15, -0.1) is 0 Å². The summed E-state index contributed by atoms with van der Waals surface area (Å²) in [4.78, 5) is 13.4. The lowest BCUT2D eigenvalue weighted by Crippen LogP contribution is -2.38. The van der Waals surface area contributed by atoms with Gasteiger partial charge in [0.05, 0.1) is 0 Å². The van der Waals surface area contributed by atoms with E-state index in [1.165, 1.54) is 0 Å². The zero-order valence-electron chi connectivity index (χ0n) is 12.0. The van der Waals surface area contributed by atoms with Crippen molar-refractivity contribution in [3.63, 3.8) is 0 Å². The van der Waals surface area contributed by atoms with Gasteiger partial charge in [-0.25, -0.2) is 0 Å². The maximum absolute atomic E-state index is 11.5. The van der Waals surface area contributed by atoms with Crippen LogP contribution in [-0.2, 0) is 11.3 Å². The van der Waals surface area contributed by atoms with E-state index >= 15 is 0 Å². The van der Waals surface area contributed by atoms with E-state index in [0.29, 0.717) is 6.54 Å². The molecule has 1 fully saturated rings. The van der Waals surface area contributed by atoms with E-state index in [4.69, 9.17) is 0 Å². The first-order valence-electron chi connectivity index (χ1n) is 7.24. The highest BCUT2D eigenvalue weighted by atomic mass is 16.4. The van der Waals surface area contributed by atoms with E-state index in [0.717, 1.165) is 29.3 Å². The molecular formula is C17H19NO3. The van der Waals surface area contributed by atoms with Gasteiger partial charge >= 0.3 is 5.97 Å². The van der Waals surface area contributed by atoms with Crippen LogP contribution < -0.4 is 0 Å². The third-order valence-corrected chi connectivity index (χ3v) is 4.43. The number of carboxylic acid groups (broad SMARTS) is 1. The van der Waals surface area contributed by atoms with Crippen molar-refractivity contribution in [1.82, 2.24) is 4.90 Å². The maximum atomic E-state index is 11.5. The maximum Gasteiger partial charge on any atom is 0.321 e. The molecule has 0 saturated carbocycles. The van der Waals surface area contributed by atoms with Gasteiger partial charge in [0.15, 0.2) is 0 Å². The number of carbonyl (C=O) groups is 1. The Kier molecular flexibility index (Phi) is 3.55. The number of hydrogen-bond acceptors (Lipinski definition) is 3. The van der Waals surface area contributed by atoms with Gasteiger partial charge in [0, 0.05) is 12.1 Å². The molecule has 0 aliphatic carbocycles. The fraction of sp³-hybridized carbons (Fsp3) is 0.353. The van der Waals surface area contributed by atoms with Crippen LogP contribution in [0.4, 0.5) is 0 Å². The Bertz CT molecular complexity index is 683. The molecular weight excluding hydrogens is 266 g/mol. The minimum absolute atomic E-state index is 0.139. The summed E-state index contributed by atoms with van der Waals surface area (Å²) in [6.45, 7) is 3.19. The largest absolute Gasteiger partial charge is 0.508 e. The van der Waals surface area contributed by atoms with Gasteiger partial charge < -0.3 is 10.2 Å². The van der Waals surface area contributed by atoms with Gasteiger partial charge in [-0.1, -0.05) is 37.3 Å². The summed E-state index contributed by atoms with van der Waals surface area (Å²) in [6.07, 6.45) is 0.877. The van der Waals surface area contributed by atoms with Crippen LogP contribution in [0.5, 0.6) is 5.75 Å². The molecule has 2 atom stereocenters. The van der Waals surface area contributed by atoms with E-state index in [1.54, 1.807) is 6.07 Å². The van der Waals surface area contributed by atoms with Crippen LogP contribution in [0.3, 0.4) is 0 Å². The molecule has 0 aromatic heterocycles. The van der Waals surface area contributed by atoms with Crippen molar-refractivity contribution < 1.29 is 15.0 Å². The number of nitrogens with zero attached hydrogens (tertiary/aromatic N) is 1. The van der Waals surface area contributed by atoms with Crippen molar-refractivity contribution in [1.29, 1.82) is 0 Å². The zero-order valence-corrected chi connectivity index (χ0v) is 12.0. The van der Waals surface area contributed by atoms with Gasteiger partial charge in [-0.2, -0.15) is 0 Å². The van der Waals surface area contributed by atoms with Gasteiger partial charge in [0.1, 0.15) is 11.8 Å². The Hall–Kier alpha value is -2.07. The highest BCUT2D eigenvalue weighted by Gasteiger charge is 2.36. The van der Waals surface area contributed by atoms with E-state index < -0.39 is 12.0 Å². The second-order valence-corrected chi connectivity index (χ2v) is 5.80. The molecule has 4 heteroatoms. The first-order valence-corrected chi connectivity index (χ1v) is 7.24. The second-order valence-electron chi connectivity index (χ2n) is 5.80. The number of phenols is 1. The molecule has 4 nitrogen and oxygen atoms in total. The molecule has 0 bridgehead atoms. The summed E-state index contributed by atoms with van der Waals surface area (Å²) >= 11 is 0. The lowest BCUT2D eigenvalue weighted by molar-refractivity contribution is -0.143. The third kappa shape index (κ3) is 2.47. The van der Waals surface area contributed by atoms with Crippen molar-refractivity contribution in [2.45, 2.75) is 25.9 Å². The van der Waals surface area contributed by atoms with Crippen LogP contribution in [0.15, 0.2) is 36.4 Å². The Morgan fingerprint density at radius 2 is 2.05 bits per heavy atom. The average molecular weight is 285 g/mol. The molecule has 1 aliphatic rings. The van der Waals surface area contributed by atoms with Crippen LogP contribution in [0.1, 0.15) is 18.9 Å². The summed E-state index contributed by atoms with van der Waals surface area (Å²) in [5.41, 5.74) is 0.813. The van der Waals surface area contributed by atoms with Crippen molar-refractivity contribution in [2.24, 2.45) is 5.92 Å². The van der Waals surface area contributed by atoms with E-state index in [1.807, 2.05) is 42.2 Å². The van der Waals surface area contributed by atoms with Crippen molar-refractivity contribution in [3.8, 4) is 5.75 Å². The van der Waals surface area contributed by atoms with Crippen molar-refractivity contribution >= 4 is 16.7 Å². The minimum atomic E-state index is -0.778. The molecule has 0 radical (unpaired) electrons. The summed E-state index contributed by atoms with van der Waals surface area (Å²) in [6, 6.07) is 11.0. The molecule has 21 heavy (non-hydrogen) atoms. The molecule has 0 spiro atoms. The van der Waals surface area contributed by atoms with Crippen LogP contribution in [-0.4, -0.2) is 33.7 Å². The summed E-state index contributed by atoms with van der Waals surface area (Å²) in [5.74, 6) is -0.406. The SMILES string of the molecule is CC1CCN(Cc2c(O)ccc3ccccc23)C1C(=O)O. The van der Waals surface area contributed by atoms with Crippen LogP contribution in [0.25, 0.3) is 10.8 Å². The first-order chi connectivity index (χ1) is 10.1. The van der Waals surface area contributed by atoms with Gasteiger partial charge in [-0.3, -0.25) is 9.69 Å². The summed E-state index contributed by atoms with van der Waals surface area (Å²) < 4.78 is 0. The van der Waals surface area contributed by atoms with Gasteiger partial charge in [0.25, 0.3) is 0 Å². The zero-order chi connectivity index (χ0) is 15.0. The molecule has 2 aromatic carbocycles. The first kappa shape index (κ1) is 13.9. The third-order valence-electron chi connectivity index (χ3n) is 4.43. The number of aromatic hydroxyl groups is 1. The van der Waals surface area contributed by atoms with Crippen LogP contribution in [0.2, 0.25) is 0 Å². The standard InChI is InChI=1S/C17H19NO3/c1-11-8-9-18(16(11)17(20)21)10-14-13-5-3-2-4-12(13)6-7-15(14)19/h2-7,11,16,19H,8-10H2,1H3,(H,20,21). The van der Waals surface area contributed by atoms with Gasteiger partial charge in [0.2, 0.25) is 0 Å². The topological polar surface area (TPSA) is 60.8 Å². The predicted molar refractivity (Wildman–Crippen MR) is 81.2 cm³/mol. The molecule has 110 valence electrons. The smallest absolute Gasteiger partial charge is 0.321 e. The lowest BCUT2D eigenvalue weighted by Gasteiger charge is -2.24. The molecule has 2 unspecified atom stereocenters. The molecule has 1 saturated heterocycles. The van der Waals surface area contributed by atoms with Crippen molar-refractivity contribution in [2.75, 3.05) is 6.54 Å². The normalized spacial score (nSPS) is 22.7. The molecule has 1 aliphatic heterocycles. The predicted octanol–water partition coefficient (Wildman–Crippen LogP) is 2.84. The number of phenolic OH excluding ortho intramolecular Hbond substituents is 1. The highest BCUT2D eigenvalue weighted by molar-refractivity contribution is 5.87. The quantitative estimate of drug-likeness (QED) is 0.910. The monoisotopic (exact) mass is 285 g/mol. The summed E-state index contributed by atoms with van der Waals surface area (Å²) in [5, 5.41) is 21.6. The van der Waals surface area contributed by atoms with Gasteiger partial charge in [-0.05, 0) is 35.7 Å². The summed E-state index contributed by atoms with van der Waals surface area (Å²) in [7, 11) is 0. The van der Waals surface area contributed by atoms with Crippen LogP contribution in [0, 0.1) is 5.92 Å². The Morgan fingerprint density at radius 1 is 1.29 bits per heavy atom. The molecule has 3 rings (SSSR count). The van der Waals surface area contributed by atoms with E-state index in [2.05, 4.69) is 0 Å². The minimum Gasteiger partial charge on any atom is -0.508 e. The number of likely N-dealkylation sites (tertiary alicyclic amines) is 1. The molecule has 0 amide bonds. The van der Waals surface area contributed by atoms with Crippen molar-refractivity contribution in [3.05, 3.63) is 42.0 Å². The number of carboxylic acids is 1. The average Bonchev–Trinajstić information content (AvgIpc) is 2.83. The lowest BCUT2D eigenvalue weighted by atomic mass is 10.0. The highest BCUT2D eigenvalue weighted by Crippen LogP contribution is 2.32. The fourth-order valence-electron chi connectivity index (χ4n) is 3.30. The Labute approximate surface area is 123 Å². The van der Waals surface area contributed by atoms with Crippen LogP contribution >= 0.6 is 0 Å². The number of aliphatic carboxylic acids is 1. The van der Waals surface area contributed by atoms with E-state index in [-0.39, 0.29) is 11.7 Å². The fourth-order valence-corrected chi connectivity index (χ4v) is 3.30. The van der Waals surface area contributed by atoms with E-state index in [9.17, 15) is 15.0 Å². The number of fused-ring (bicyclic) bond motifs is 1. The number of benzene rings is 2. The number of hydrogen-bond donors (Lipinski definition) is 2. The Balaban J connectivity index is 1.98. The Morgan fingerprint density at radius 3 is 2.81 bits per heavy atom.